The van der Waals surface area contributed by atoms with Gasteiger partial charge in [0.15, 0.2) is 0 Å². The third-order valence-corrected chi connectivity index (χ3v) is 4.40. The summed E-state index contributed by atoms with van der Waals surface area (Å²) in [7, 11) is 0. The van der Waals surface area contributed by atoms with Gasteiger partial charge in [0.05, 0.1) is 21.3 Å². The molecule has 1 amide bonds. The summed E-state index contributed by atoms with van der Waals surface area (Å²) in [6, 6.07) is 13.6. The Labute approximate surface area is 171 Å². The number of amides is 1. The van der Waals surface area contributed by atoms with E-state index >= 15 is 0 Å². The first-order valence-electron chi connectivity index (χ1n) is 7.86. The van der Waals surface area contributed by atoms with Crippen molar-refractivity contribution in [3.05, 3.63) is 87.1 Å². The first kappa shape index (κ1) is 19.3. The summed E-state index contributed by atoms with van der Waals surface area (Å²) in [5, 5.41) is 0.974. The lowest BCUT2D eigenvalue weighted by atomic mass is 10.2. The Morgan fingerprint density at radius 2 is 1.67 bits per heavy atom. The van der Waals surface area contributed by atoms with Crippen LogP contribution in [0, 0.1) is 0 Å². The van der Waals surface area contributed by atoms with Crippen LogP contribution in [0.15, 0.2) is 60.9 Å². The monoisotopic (exact) mass is 421 g/mol. The molecule has 0 unspecified atom stereocenters. The highest BCUT2D eigenvalue weighted by molar-refractivity contribution is 6.41. The highest BCUT2D eigenvalue weighted by Gasteiger charge is 2.14. The fraction of sp³-hybridized carbons (Fsp3) is 0.0526. The first-order chi connectivity index (χ1) is 13.0. The third kappa shape index (κ3) is 5.04. The molecule has 0 aliphatic heterocycles. The van der Waals surface area contributed by atoms with E-state index in [9.17, 15) is 4.79 Å². The topological polar surface area (TPSA) is 63.2 Å². The maximum absolute atomic E-state index is 12.6. The number of nitrogens with zero attached hydrogens (tertiary/aromatic N) is 1. The zero-order valence-electron chi connectivity index (χ0n) is 13.9. The van der Waals surface area contributed by atoms with E-state index in [1.54, 1.807) is 36.7 Å². The molecule has 3 aromatic rings. The van der Waals surface area contributed by atoms with Crippen LogP contribution in [0.3, 0.4) is 0 Å². The standard InChI is InChI=1S/C19H14Cl3N3O2/c20-13-9-15(21)18(16(22)10-13)24-25-19(26)14-3-1-2-4-17(14)27-11-12-5-7-23-8-6-12/h1-10,24H,11H2,(H,25,26). The fourth-order valence-electron chi connectivity index (χ4n) is 2.27. The van der Waals surface area contributed by atoms with E-state index in [1.807, 2.05) is 12.1 Å². The average Bonchev–Trinajstić information content (AvgIpc) is 2.66. The molecule has 0 radical (unpaired) electrons. The van der Waals surface area contributed by atoms with E-state index in [0.717, 1.165) is 5.56 Å². The molecule has 0 aliphatic carbocycles. The maximum Gasteiger partial charge on any atom is 0.273 e. The second-order valence-corrected chi connectivity index (χ2v) is 6.71. The van der Waals surface area contributed by atoms with E-state index in [1.165, 1.54) is 12.1 Å². The summed E-state index contributed by atoms with van der Waals surface area (Å²) in [5.74, 6) is 0.0457. The molecule has 0 saturated carbocycles. The van der Waals surface area contributed by atoms with Crippen molar-refractivity contribution < 1.29 is 9.53 Å². The van der Waals surface area contributed by atoms with Gasteiger partial charge in [-0.2, -0.15) is 0 Å². The minimum absolute atomic E-state index is 0.287. The summed E-state index contributed by atoms with van der Waals surface area (Å²) in [5.41, 5.74) is 6.94. The predicted molar refractivity (Wildman–Crippen MR) is 108 cm³/mol. The molecular weight excluding hydrogens is 409 g/mol. The lowest BCUT2D eigenvalue weighted by Crippen LogP contribution is -2.30. The van der Waals surface area contributed by atoms with Crippen molar-refractivity contribution in [1.82, 2.24) is 10.4 Å². The van der Waals surface area contributed by atoms with Gasteiger partial charge >= 0.3 is 0 Å². The van der Waals surface area contributed by atoms with Gasteiger partial charge in [-0.3, -0.25) is 20.6 Å². The van der Waals surface area contributed by atoms with Crippen LogP contribution >= 0.6 is 34.8 Å². The highest BCUT2D eigenvalue weighted by Crippen LogP contribution is 2.33. The molecule has 0 aliphatic rings. The minimum atomic E-state index is -0.401. The van der Waals surface area contributed by atoms with Crippen molar-refractivity contribution in [1.29, 1.82) is 0 Å². The Morgan fingerprint density at radius 1 is 1.00 bits per heavy atom. The number of hydrogen-bond donors (Lipinski definition) is 2. The number of anilines is 1. The predicted octanol–water partition coefficient (Wildman–Crippen LogP) is 5.38. The van der Waals surface area contributed by atoms with Gasteiger partial charge in [0, 0.05) is 17.4 Å². The molecule has 1 heterocycles. The number of rotatable bonds is 6. The number of hydrazine groups is 1. The molecule has 3 rings (SSSR count). The largest absolute Gasteiger partial charge is 0.488 e. The van der Waals surface area contributed by atoms with Gasteiger partial charge in [-0.05, 0) is 42.0 Å². The third-order valence-electron chi connectivity index (χ3n) is 3.58. The van der Waals surface area contributed by atoms with Gasteiger partial charge in [-0.15, -0.1) is 0 Å². The van der Waals surface area contributed by atoms with Crippen LogP contribution in [-0.4, -0.2) is 10.9 Å². The van der Waals surface area contributed by atoms with Crippen LogP contribution in [0.25, 0.3) is 0 Å². The number of benzene rings is 2. The molecule has 1 aromatic heterocycles. The Bertz CT molecular complexity index is 929. The summed E-state index contributed by atoms with van der Waals surface area (Å²) in [6.45, 7) is 0.315. The molecule has 0 atom stereocenters. The van der Waals surface area contributed by atoms with Crippen molar-refractivity contribution >= 4 is 46.4 Å². The maximum atomic E-state index is 12.6. The summed E-state index contributed by atoms with van der Waals surface area (Å²) < 4.78 is 5.77. The van der Waals surface area contributed by atoms with Crippen LogP contribution in [0.5, 0.6) is 5.75 Å². The van der Waals surface area contributed by atoms with Crippen LogP contribution in [0.4, 0.5) is 5.69 Å². The van der Waals surface area contributed by atoms with Gasteiger partial charge in [-0.25, -0.2) is 0 Å². The van der Waals surface area contributed by atoms with Gasteiger partial charge in [0.2, 0.25) is 0 Å². The second kappa shape index (κ2) is 8.95. The van der Waals surface area contributed by atoms with E-state index in [2.05, 4.69) is 15.8 Å². The molecule has 0 fully saturated rings. The summed E-state index contributed by atoms with van der Waals surface area (Å²) in [6.07, 6.45) is 3.36. The Kier molecular flexibility index (Phi) is 6.40. The summed E-state index contributed by atoms with van der Waals surface area (Å²) >= 11 is 18.1. The molecule has 0 spiro atoms. The number of pyridine rings is 1. The van der Waals surface area contributed by atoms with Gasteiger partial charge in [0.25, 0.3) is 5.91 Å². The van der Waals surface area contributed by atoms with E-state index in [-0.39, 0.29) is 10.0 Å². The van der Waals surface area contributed by atoms with Crippen LogP contribution in [-0.2, 0) is 6.61 Å². The van der Waals surface area contributed by atoms with Crippen molar-refractivity contribution in [2.75, 3.05) is 5.43 Å². The number of carbonyl (C=O) groups is 1. The van der Waals surface area contributed by atoms with E-state index in [4.69, 9.17) is 39.5 Å². The van der Waals surface area contributed by atoms with Crippen LogP contribution in [0.1, 0.15) is 15.9 Å². The molecule has 2 aromatic carbocycles. The lowest BCUT2D eigenvalue weighted by Gasteiger charge is -2.14. The van der Waals surface area contributed by atoms with Crippen molar-refractivity contribution in [2.24, 2.45) is 0 Å². The van der Waals surface area contributed by atoms with Crippen LogP contribution < -0.4 is 15.6 Å². The number of halogens is 3. The molecule has 2 N–H and O–H groups in total. The van der Waals surface area contributed by atoms with Crippen molar-refractivity contribution in [2.45, 2.75) is 6.61 Å². The Balaban J connectivity index is 1.70. The zero-order valence-corrected chi connectivity index (χ0v) is 16.1. The quantitative estimate of drug-likeness (QED) is 0.524. The Hall–Kier alpha value is -2.47. The smallest absolute Gasteiger partial charge is 0.273 e. The normalized spacial score (nSPS) is 10.3. The highest BCUT2D eigenvalue weighted by atomic mass is 35.5. The van der Waals surface area contributed by atoms with Gasteiger partial charge < -0.3 is 4.74 Å². The molecule has 5 nitrogen and oxygen atoms in total. The molecule has 8 heteroatoms. The van der Waals surface area contributed by atoms with Gasteiger partial charge in [-0.1, -0.05) is 46.9 Å². The minimum Gasteiger partial charge on any atom is -0.488 e. The SMILES string of the molecule is O=C(NNc1c(Cl)cc(Cl)cc1Cl)c1ccccc1OCc1ccncc1. The molecular formula is C19H14Cl3N3O2. The second-order valence-electron chi connectivity index (χ2n) is 5.46. The van der Waals surface area contributed by atoms with E-state index < -0.39 is 5.91 Å². The number of aromatic nitrogens is 1. The van der Waals surface area contributed by atoms with Crippen molar-refractivity contribution in [3.63, 3.8) is 0 Å². The zero-order chi connectivity index (χ0) is 19.2. The molecule has 27 heavy (non-hydrogen) atoms. The summed E-state index contributed by atoms with van der Waals surface area (Å²) in [4.78, 5) is 16.5. The van der Waals surface area contributed by atoms with Crippen LogP contribution in [0.2, 0.25) is 15.1 Å². The lowest BCUT2D eigenvalue weighted by molar-refractivity contribution is 0.0958. The number of hydrogen-bond acceptors (Lipinski definition) is 4. The number of para-hydroxylation sites is 1. The number of nitrogens with one attached hydrogen (secondary N) is 2. The average molecular weight is 423 g/mol. The Morgan fingerprint density at radius 3 is 2.37 bits per heavy atom. The van der Waals surface area contributed by atoms with Gasteiger partial charge in [0.1, 0.15) is 12.4 Å². The van der Waals surface area contributed by atoms with E-state index in [0.29, 0.717) is 28.6 Å². The molecule has 0 bridgehead atoms. The first-order valence-corrected chi connectivity index (χ1v) is 8.99. The molecule has 138 valence electrons. The van der Waals surface area contributed by atoms with Crippen molar-refractivity contribution in [3.8, 4) is 5.75 Å². The molecule has 0 saturated heterocycles. The fourth-order valence-corrected chi connectivity index (χ4v) is 3.18. The number of carbonyl (C=O) groups excluding carboxylic acids is 1. The number of ether oxygens (including phenoxy) is 1.